The SMILES string of the molecule is COc1ccc(C)cc1/C=C/C(=O)N(C)Cc1ccc(OC(F)F)cc1. The quantitative estimate of drug-likeness (QED) is 0.691. The Kier molecular flexibility index (Phi) is 6.72. The maximum atomic E-state index is 12.3. The predicted molar refractivity (Wildman–Crippen MR) is 96.3 cm³/mol. The van der Waals surface area contributed by atoms with Gasteiger partial charge >= 0.3 is 6.61 Å². The summed E-state index contributed by atoms with van der Waals surface area (Å²) in [7, 11) is 3.25. The molecular formula is C20H21F2NO3. The summed E-state index contributed by atoms with van der Waals surface area (Å²) in [5.74, 6) is 0.600. The zero-order valence-corrected chi connectivity index (χ0v) is 14.9. The molecule has 0 saturated heterocycles. The Labute approximate surface area is 151 Å². The Hall–Kier alpha value is -2.89. The Morgan fingerprint density at radius 3 is 2.50 bits per heavy atom. The van der Waals surface area contributed by atoms with Crippen molar-refractivity contribution in [3.8, 4) is 11.5 Å². The van der Waals surface area contributed by atoms with Crippen LogP contribution in [0.5, 0.6) is 11.5 Å². The lowest BCUT2D eigenvalue weighted by molar-refractivity contribution is -0.125. The highest BCUT2D eigenvalue weighted by Crippen LogP contribution is 2.21. The highest BCUT2D eigenvalue weighted by molar-refractivity contribution is 5.92. The van der Waals surface area contributed by atoms with Gasteiger partial charge in [-0.25, -0.2) is 0 Å². The molecule has 0 aliphatic rings. The molecule has 4 nitrogen and oxygen atoms in total. The van der Waals surface area contributed by atoms with Crippen LogP contribution in [0.15, 0.2) is 48.5 Å². The monoisotopic (exact) mass is 361 g/mol. The molecule has 6 heteroatoms. The third kappa shape index (κ3) is 5.58. The molecule has 26 heavy (non-hydrogen) atoms. The minimum absolute atomic E-state index is 0.0872. The zero-order valence-electron chi connectivity index (χ0n) is 14.9. The summed E-state index contributed by atoms with van der Waals surface area (Å²) in [5.41, 5.74) is 2.70. The van der Waals surface area contributed by atoms with Gasteiger partial charge in [0.1, 0.15) is 11.5 Å². The molecule has 0 unspecified atom stereocenters. The number of amides is 1. The molecule has 0 aliphatic carbocycles. The Balaban J connectivity index is 2.00. The molecule has 0 atom stereocenters. The van der Waals surface area contributed by atoms with Gasteiger partial charge in [0.25, 0.3) is 0 Å². The van der Waals surface area contributed by atoms with Gasteiger partial charge in [0.05, 0.1) is 7.11 Å². The molecule has 138 valence electrons. The van der Waals surface area contributed by atoms with Gasteiger partial charge in [0.2, 0.25) is 5.91 Å². The number of alkyl halides is 2. The van der Waals surface area contributed by atoms with Crippen molar-refractivity contribution < 1.29 is 23.0 Å². The van der Waals surface area contributed by atoms with E-state index in [1.54, 1.807) is 32.4 Å². The van der Waals surface area contributed by atoms with Crippen molar-refractivity contribution in [2.75, 3.05) is 14.2 Å². The zero-order chi connectivity index (χ0) is 19.1. The van der Waals surface area contributed by atoms with Gasteiger partial charge in [-0.3, -0.25) is 4.79 Å². The number of methoxy groups -OCH3 is 1. The standard InChI is InChI=1S/C20H21F2NO3/c1-14-4-10-18(25-3)16(12-14)7-11-19(24)23(2)13-15-5-8-17(9-6-15)26-20(21)22/h4-12,20H,13H2,1-3H3/b11-7+. The first-order chi connectivity index (χ1) is 12.4. The second-order valence-electron chi connectivity index (χ2n) is 5.80. The summed E-state index contributed by atoms with van der Waals surface area (Å²) < 4.78 is 33.9. The third-order valence-corrected chi connectivity index (χ3v) is 3.74. The van der Waals surface area contributed by atoms with Crippen LogP contribution in [-0.2, 0) is 11.3 Å². The van der Waals surface area contributed by atoms with Crippen LogP contribution in [-0.4, -0.2) is 31.6 Å². The summed E-state index contributed by atoms with van der Waals surface area (Å²) in [6.07, 6.45) is 3.19. The van der Waals surface area contributed by atoms with Crippen molar-refractivity contribution in [1.82, 2.24) is 4.90 Å². The summed E-state index contributed by atoms with van der Waals surface area (Å²) in [6.45, 7) is -0.538. The lowest BCUT2D eigenvalue weighted by atomic mass is 10.1. The van der Waals surface area contributed by atoms with E-state index in [0.29, 0.717) is 12.3 Å². The second-order valence-corrected chi connectivity index (χ2v) is 5.80. The number of nitrogens with zero attached hydrogens (tertiary/aromatic N) is 1. The van der Waals surface area contributed by atoms with E-state index in [2.05, 4.69) is 4.74 Å². The second kappa shape index (κ2) is 8.99. The molecule has 0 saturated carbocycles. The summed E-state index contributed by atoms with van der Waals surface area (Å²) in [6, 6.07) is 11.9. The summed E-state index contributed by atoms with van der Waals surface area (Å²) in [5, 5.41) is 0. The normalized spacial score (nSPS) is 11.0. The molecule has 0 N–H and O–H groups in total. The van der Waals surface area contributed by atoms with E-state index in [4.69, 9.17) is 4.74 Å². The number of aryl methyl sites for hydroxylation is 1. The fourth-order valence-corrected chi connectivity index (χ4v) is 2.40. The topological polar surface area (TPSA) is 38.8 Å². The van der Waals surface area contributed by atoms with Gasteiger partial charge in [-0.2, -0.15) is 8.78 Å². The van der Waals surface area contributed by atoms with Gasteiger partial charge < -0.3 is 14.4 Å². The molecular weight excluding hydrogens is 340 g/mol. The van der Waals surface area contributed by atoms with E-state index in [1.807, 2.05) is 25.1 Å². The van der Waals surface area contributed by atoms with Gasteiger partial charge in [-0.1, -0.05) is 23.8 Å². The van der Waals surface area contributed by atoms with Crippen LogP contribution < -0.4 is 9.47 Å². The average molecular weight is 361 g/mol. The fraction of sp³-hybridized carbons (Fsp3) is 0.250. The number of halogens is 2. The molecule has 2 rings (SSSR count). The smallest absolute Gasteiger partial charge is 0.387 e. The predicted octanol–water partition coefficient (Wildman–Crippen LogP) is 4.28. The van der Waals surface area contributed by atoms with Crippen LogP contribution in [0.1, 0.15) is 16.7 Å². The number of carbonyl (C=O) groups excluding carboxylic acids is 1. The largest absolute Gasteiger partial charge is 0.496 e. The van der Waals surface area contributed by atoms with Crippen LogP contribution in [0.3, 0.4) is 0 Å². The highest BCUT2D eigenvalue weighted by Gasteiger charge is 2.08. The molecule has 0 aliphatic heterocycles. The first-order valence-corrected chi connectivity index (χ1v) is 8.00. The van der Waals surface area contributed by atoms with Crippen molar-refractivity contribution in [2.24, 2.45) is 0 Å². The number of rotatable bonds is 7. The minimum atomic E-state index is -2.85. The van der Waals surface area contributed by atoms with Crippen molar-refractivity contribution in [2.45, 2.75) is 20.1 Å². The first kappa shape index (κ1) is 19.4. The first-order valence-electron chi connectivity index (χ1n) is 8.00. The van der Waals surface area contributed by atoms with Crippen LogP contribution in [0.25, 0.3) is 6.08 Å². The third-order valence-electron chi connectivity index (χ3n) is 3.74. The molecule has 2 aromatic carbocycles. The molecule has 0 bridgehead atoms. The maximum Gasteiger partial charge on any atom is 0.387 e. The van der Waals surface area contributed by atoms with E-state index in [9.17, 15) is 13.6 Å². The minimum Gasteiger partial charge on any atom is -0.496 e. The summed E-state index contributed by atoms with van der Waals surface area (Å²) >= 11 is 0. The van der Waals surface area contributed by atoms with E-state index in [1.165, 1.54) is 23.1 Å². The molecule has 1 amide bonds. The van der Waals surface area contributed by atoms with Crippen LogP contribution in [0, 0.1) is 6.92 Å². The average Bonchev–Trinajstić information content (AvgIpc) is 2.61. The molecule has 0 spiro atoms. The van der Waals surface area contributed by atoms with E-state index >= 15 is 0 Å². The van der Waals surface area contributed by atoms with Crippen molar-refractivity contribution in [1.29, 1.82) is 0 Å². The van der Waals surface area contributed by atoms with Gasteiger partial charge in [0.15, 0.2) is 0 Å². The maximum absolute atomic E-state index is 12.3. The number of carbonyl (C=O) groups is 1. The Morgan fingerprint density at radius 1 is 1.19 bits per heavy atom. The number of hydrogen-bond donors (Lipinski definition) is 0. The van der Waals surface area contributed by atoms with Gasteiger partial charge in [-0.05, 0) is 42.8 Å². The number of likely N-dealkylation sites (N-methyl/N-ethyl adjacent to an activating group) is 1. The lowest BCUT2D eigenvalue weighted by Gasteiger charge is -2.15. The van der Waals surface area contributed by atoms with E-state index in [-0.39, 0.29) is 11.7 Å². The molecule has 0 fully saturated rings. The Bertz CT molecular complexity index is 773. The number of hydrogen-bond acceptors (Lipinski definition) is 3. The van der Waals surface area contributed by atoms with Crippen LogP contribution in [0.4, 0.5) is 8.78 Å². The molecule has 0 heterocycles. The van der Waals surface area contributed by atoms with E-state index in [0.717, 1.165) is 16.7 Å². The lowest BCUT2D eigenvalue weighted by Crippen LogP contribution is -2.24. The van der Waals surface area contributed by atoms with E-state index < -0.39 is 6.61 Å². The van der Waals surface area contributed by atoms with Gasteiger partial charge in [0, 0.05) is 25.2 Å². The molecule has 0 radical (unpaired) electrons. The molecule has 2 aromatic rings. The Morgan fingerprint density at radius 2 is 1.88 bits per heavy atom. The van der Waals surface area contributed by atoms with Crippen molar-refractivity contribution >= 4 is 12.0 Å². The fourth-order valence-electron chi connectivity index (χ4n) is 2.40. The van der Waals surface area contributed by atoms with Gasteiger partial charge in [-0.15, -0.1) is 0 Å². The summed E-state index contributed by atoms with van der Waals surface area (Å²) in [4.78, 5) is 13.8. The van der Waals surface area contributed by atoms with Crippen molar-refractivity contribution in [3.63, 3.8) is 0 Å². The number of benzene rings is 2. The van der Waals surface area contributed by atoms with Crippen molar-refractivity contribution in [3.05, 3.63) is 65.2 Å². The number of ether oxygens (including phenoxy) is 2. The van der Waals surface area contributed by atoms with Crippen LogP contribution >= 0.6 is 0 Å². The molecule has 0 aromatic heterocycles. The highest BCUT2D eigenvalue weighted by atomic mass is 19.3. The van der Waals surface area contributed by atoms with Crippen LogP contribution in [0.2, 0.25) is 0 Å².